The number of benzene rings is 2. The van der Waals surface area contributed by atoms with Gasteiger partial charge >= 0.3 is 0 Å². The van der Waals surface area contributed by atoms with E-state index in [-0.39, 0.29) is 18.0 Å². The van der Waals surface area contributed by atoms with Gasteiger partial charge in [-0.15, -0.1) is 0 Å². The van der Waals surface area contributed by atoms with Crippen LogP contribution in [0.4, 0.5) is 4.39 Å². The first-order valence-corrected chi connectivity index (χ1v) is 7.42. The Morgan fingerprint density at radius 1 is 1.00 bits per heavy atom. The molecule has 0 radical (unpaired) electrons. The molecule has 2 aromatic rings. The quantitative estimate of drug-likeness (QED) is 0.836. The van der Waals surface area contributed by atoms with E-state index in [1.165, 1.54) is 17.0 Å². The normalized spacial score (nSPS) is 12.8. The summed E-state index contributed by atoms with van der Waals surface area (Å²) in [6.07, 6.45) is 0. The van der Waals surface area contributed by atoms with Crippen LogP contribution in [0.15, 0.2) is 55.1 Å². The minimum absolute atomic E-state index is 0.191. The average molecular weight is 339 g/mol. The molecule has 2 N–H and O–H groups in total. The number of hydrazine groups is 1. The topological polar surface area (TPSA) is 78.5 Å². The average Bonchev–Trinajstić information content (AvgIpc) is 2.86. The van der Waals surface area contributed by atoms with Crippen molar-refractivity contribution in [1.82, 2.24) is 15.8 Å². The van der Waals surface area contributed by atoms with Crippen LogP contribution in [0.1, 0.15) is 26.3 Å². The molecular weight excluding hydrogens is 325 g/mol. The van der Waals surface area contributed by atoms with E-state index >= 15 is 0 Å². The summed E-state index contributed by atoms with van der Waals surface area (Å²) in [6, 6.07) is 11.8. The van der Waals surface area contributed by atoms with Crippen molar-refractivity contribution in [3.63, 3.8) is 0 Å². The maximum Gasteiger partial charge on any atom is 0.269 e. The molecule has 0 aromatic heterocycles. The molecule has 0 aliphatic carbocycles. The summed E-state index contributed by atoms with van der Waals surface area (Å²) in [5.74, 6) is -1.97. The van der Waals surface area contributed by atoms with Crippen LogP contribution in [0.2, 0.25) is 0 Å². The Hall–Kier alpha value is -3.48. The molecule has 1 aliphatic heterocycles. The van der Waals surface area contributed by atoms with E-state index in [4.69, 9.17) is 0 Å². The number of carbonyl (C=O) groups is 3. The molecule has 2 aromatic carbocycles. The molecule has 3 rings (SSSR count). The summed E-state index contributed by atoms with van der Waals surface area (Å²) < 4.78 is 12.8. The van der Waals surface area contributed by atoms with Crippen LogP contribution in [0.25, 0.3) is 5.70 Å². The van der Waals surface area contributed by atoms with Crippen LogP contribution < -0.4 is 10.9 Å². The smallest absolute Gasteiger partial charge is 0.269 e. The highest BCUT2D eigenvalue weighted by molar-refractivity contribution is 6.10. The van der Waals surface area contributed by atoms with Crippen LogP contribution >= 0.6 is 0 Å². The molecular formula is C18H14FN3O3. The van der Waals surface area contributed by atoms with Gasteiger partial charge in [0.1, 0.15) is 12.4 Å². The fourth-order valence-electron chi connectivity index (χ4n) is 2.48. The molecule has 3 amide bonds. The highest BCUT2D eigenvalue weighted by atomic mass is 19.1. The Kier molecular flexibility index (Phi) is 4.30. The van der Waals surface area contributed by atoms with E-state index < -0.39 is 17.6 Å². The number of hydrogen-bond donors (Lipinski definition) is 2. The van der Waals surface area contributed by atoms with E-state index in [9.17, 15) is 18.8 Å². The number of fused-ring (bicyclic) bond motifs is 1. The van der Waals surface area contributed by atoms with Gasteiger partial charge in [-0.3, -0.25) is 30.1 Å². The lowest BCUT2D eigenvalue weighted by Crippen LogP contribution is -2.46. The minimum atomic E-state index is -0.594. The SMILES string of the molecule is C=C1c2ccccc2C(=O)N1CC(=O)NNC(=O)c1ccc(F)cc1. The van der Waals surface area contributed by atoms with Gasteiger partial charge in [0.15, 0.2) is 0 Å². The third-order valence-electron chi connectivity index (χ3n) is 3.76. The summed E-state index contributed by atoms with van der Waals surface area (Å²) in [4.78, 5) is 37.4. The maximum absolute atomic E-state index is 12.8. The van der Waals surface area contributed by atoms with Crippen molar-refractivity contribution in [1.29, 1.82) is 0 Å². The number of carbonyl (C=O) groups excluding carboxylic acids is 3. The van der Waals surface area contributed by atoms with Gasteiger partial charge < -0.3 is 0 Å². The molecule has 0 atom stereocenters. The van der Waals surface area contributed by atoms with Gasteiger partial charge in [0.25, 0.3) is 17.7 Å². The van der Waals surface area contributed by atoms with Gasteiger partial charge in [0, 0.05) is 22.4 Å². The van der Waals surface area contributed by atoms with Crippen LogP contribution in [0.3, 0.4) is 0 Å². The summed E-state index contributed by atoms with van der Waals surface area (Å²) in [5, 5.41) is 0. The third kappa shape index (κ3) is 3.25. The van der Waals surface area contributed by atoms with Crippen LogP contribution in [0.5, 0.6) is 0 Å². The second-order valence-electron chi connectivity index (χ2n) is 5.39. The van der Waals surface area contributed by atoms with Crippen molar-refractivity contribution < 1.29 is 18.8 Å². The Labute approximate surface area is 142 Å². The highest BCUT2D eigenvalue weighted by Crippen LogP contribution is 2.30. The zero-order chi connectivity index (χ0) is 18.0. The second kappa shape index (κ2) is 6.56. The molecule has 25 heavy (non-hydrogen) atoms. The molecule has 0 bridgehead atoms. The highest BCUT2D eigenvalue weighted by Gasteiger charge is 2.31. The van der Waals surface area contributed by atoms with E-state index in [0.29, 0.717) is 16.8 Å². The first kappa shape index (κ1) is 16.4. The molecule has 0 saturated heterocycles. The standard InChI is InChI=1S/C18H14FN3O3/c1-11-14-4-2-3-5-15(14)18(25)22(11)10-16(23)20-21-17(24)12-6-8-13(19)9-7-12/h2-9H,1,10H2,(H,20,23)(H,21,24). The van der Waals surface area contributed by atoms with E-state index in [1.54, 1.807) is 24.3 Å². The fraction of sp³-hybridized carbons (Fsp3) is 0.0556. The monoisotopic (exact) mass is 339 g/mol. The predicted octanol–water partition coefficient (Wildman–Crippen LogP) is 1.71. The molecule has 0 saturated carbocycles. The lowest BCUT2D eigenvalue weighted by atomic mass is 10.1. The van der Waals surface area contributed by atoms with Gasteiger partial charge in [0.05, 0.1) is 0 Å². The van der Waals surface area contributed by atoms with E-state index in [0.717, 1.165) is 12.1 Å². The first-order valence-electron chi connectivity index (χ1n) is 7.42. The molecule has 1 heterocycles. The summed E-state index contributed by atoms with van der Waals surface area (Å²) in [5.41, 5.74) is 6.22. The van der Waals surface area contributed by atoms with Crippen LogP contribution in [-0.4, -0.2) is 29.2 Å². The van der Waals surface area contributed by atoms with E-state index in [2.05, 4.69) is 17.4 Å². The lowest BCUT2D eigenvalue weighted by molar-refractivity contribution is -0.122. The second-order valence-corrected chi connectivity index (χ2v) is 5.39. The Morgan fingerprint density at radius 3 is 2.28 bits per heavy atom. The molecule has 6 nitrogen and oxygen atoms in total. The number of nitrogens with zero attached hydrogens (tertiary/aromatic N) is 1. The van der Waals surface area contributed by atoms with Gasteiger partial charge in [-0.05, 0) is 30.3 Å². The van der Waals surface area contributed by atoms with Crippen LogP contribution in [0, 0.1) is 5.82 Å². The van der Waals surface area contributed by atoms with Gasteiger partial charge in [0.2, 0.25) is 0 Å². The van der Waals surface area contributed by atoms with Crippen molar-refractivity contribution in [2.75, 3.05) is 6.54 Å². The number of rotatable bonds is 3. The van der Waals surface area contributed by atoms with Crippen molar-refractivity contribution in [2.24, 2.45) is 0 Å². The summed E-state index contributed by atoms with van der Waals surface area (Å²) in [6.45, 7) is 3.55. The Balaban J connectivity index is 1.58. The summed E-state index contributed by atoms with van der Waals surface area (Å²) >= 11 is 0. The zero-order valence-corrected chi connectivity index (χ0v) is 13.1. The molecule has 0 spiro atoms. The Bertz CT molecular complexity index is 842. The van der Waals surface area contributed by atoms with Gasteiger partial charge in [-0.2, -0.15) is 0 Å². The zero-order valence-electron chi connectivity index (χ0n) is 13.1. The fourth-order valence-corrected chi connectivity index (χ4v) is 2.48. The minimum Gasteiger partial charge on any atom is -0.299 e. The Morgan fingerprint density at radius 2 is 1.64 bits per heavy atom. The maximum atomic E-state index is 12.8. The number of halogens is 1. The molecule has 0 fully saturated rings. The number of nitrogens with one attached hydrogen (secondary N) is 2. The number of hydrogen-bond acceptors (Lipinski definition) is 3. The molecule has 126 valence electrons. The molecule has 7 heteroatoms. The van der Waals surface area contributed by atoms with Gasteiger partial charge in [-0.1, -0.05) is 24.8 Å². The van der Waals surface area contributed by atoms with Crippen molar-refractivity contribution >= 4 is 23.4 Å². The van der Waals surface area contributed by atoms with Crippen molar-refractivity contribution in [3.05, 3.63) is 77.6 Å². The third-order valence-corrected chi connectivity index (χ3v) is 3.76. The number of amides is 3. The van der Waals surface area contributed by atoms with Crippen molar-refractivity contribution in [3.8, 4) is 0 Å². The lowest BCUT2D eigenvalue weighted by Gasteiger charge is -2.17. The molecule has 1 aliphatic rings. The summed E-state index contributed by atoms with van der Waals surface area (Å²) in [7, 11) is 0. The molecule has 0 unspecified atom stereocenters. The van der Waals surface area contributed by atoms with Crippen LogP contribution in [-0.2, 0) is 4.79 Å². The van der Waals surface area contributed by atoms with Gasteiger partial charge in [-0.25, -0.2) is 4.39 Å². The predicted molar refractivity (Wildman–Crippen MR) is 88.5 cm³/mol. The van der Waals surface area contributed by atoms with Crippen molar-refractivity contribution in [2.45, 2.75) is 0 Å². The first-order chi connectivity index (χ1) is 12.0. The van der Waals surface area contributed by atoms with E-state index in [1.807, 2.05) is 0 Å². The largest absolute Gasteiger partial charge is 0.299 e.